The Bertz CT molecular complexity index is 1560. The lowest BCUT2D eigenvalue weighted by Gasteiger charge is -2.30. The number of hydrogen-bond donors (Lipinski definition) is 1. The second kappa shape index (κ2) is 51.4. The van der Waals surface area contributed by atoms with Crippen LogP contribution in [0.2, 0.25) is 0 Å². The van der Waals surface area contributed by atoms with Crippen LogP contribution in [0, 0.1) is 0 Å². The van der Waals surface area contributed by atoms with E-state index in [1.807, 2.05) is 33.3 Å². The van der Waals surface area contributed by atoms with Gasteiger partial charge in [-0.15, -0.1) is 0 Å². The fraction of sp³-hybridized carbons (Fsp3) is 0.710. The molecule has 3 unspecified atom stereocenters. The highest BCUT2D eigenvalue weighted by Crippen LogP contribution is 2.38. The number of allylic oxidation sites excluding steroid dienone is 15. The molecule has 0 saturated carbocycles. The first-order valence-corrected chi connectivity index (χ1v) is 30.5. The molecule has 1 amide bonds. The number of carbonyl (C=O) groups is 2. The quantitative estimate of drug-likeness (QED) is 0.0212. The van der Waals surface area contributed by atoms with E-state index in [-0.39, 0.29) is 31.3 Å². The molecule has 0 rings (SSSR count). The van der Waals surface area contributed by atoms with Gasteiger partial charge in [0.2, 0.25) is 5.91 Å². The molecule has 0 heterocycles. The maximum Gasteiger partial charge on any atom is 0.306 e. The number of rotatable bonds is 51. The van der Waals surface area contributed by atoms with Crippen LogP contribution in [-0.2, 0) is 27.9 Å². The summed E-state index contributed by atoms with van der Waals surface area (Å²) in [6.45, 7) is 6.64. The summed E-state index contributed by atoms with van der Waals surface area (Å²) in [6.07, 6.45) is 68.0. The van der Waals surface area contributed by atoms with E-state index in [0.717, 1.165) is 116 Å². The van der Waals surface area contributed by atoms with Crippen molar-refractivity contribution >= 4 is 19.7 Å². The lowest BCUT2D eigenvalue weighted by Crippen LogP contribution is -2.47. The van der Waals surface area contributed by atoms with Gasteiger partial charge in [-0.1, -0.05) is 208 Å². The standard InChI is InChI=1S/C62H109N2O7P/c1-7-10-13-16-19-22-25-27-29-30-31-32-33-34-35-37-40-43-46-49-52-55-62(66)71-60(53-50-47-44-41-38-24-21-18-15-12-9-3)59(58-70-72(67,68)69-57-56-64(4,5)6)63-61(65)54-51-48-45-42-39-36-28-26-23-20-17-14-11-8-2/h11,14,19-20,22-23,27-29,31-32,34-36,50,53,59-60H,7-10,12-13,15-18,21,24-26,30,33,37-49,51-52,54-58H2,1-6H3,(H-,63,65,67,68)/b14-11+,22-19-,23-20+,29-27-,32-31-,35-34-,36-28+,53-50-. The van der Waals surface area contributed by atoms with Crippen LogP contribution in [0.5, 0.6) is 0 Å². The molecule has 0 aliphatic heterocycles. The van der Waals surface area contributed by atoms with E-state index < -0.39 is 26.6 Å². The van der Waals surface area contributed by atoms with Crippen LogP contribution in [0.25, 0.3) is 0 Å². The number of phosphoric acid groups is 1. The van der Waals surface area contributed by atoms with Gasteiger partial charge in [0.25, 0.3) is 7.82 Å². The molecule has 10 heteroatoms. The van der Waals surface area contributed by atoms with Crippen LogP contribution >= 0.6 is 7.82 Å². The number of quaternary nitrogens is 1. The Morgan fingerprint density at radius 3 is 1.36 bits per heavy atom. The summed E-state index contributed by atoms with van der Waals surface area (Å²) in [7, 11) is 1.14. The van der Waals surface area contributed by atoms with Crippen molar-refractivity contribution in [3.63, 3.8) is 0 Å². The maximum absolute atomic E-state index is 13.5. The number of nitrogens with one attached hydrogen (secondary N) is 1. The molecule has 0 aromatic heterocycles. The third kappa shape index (κ3) is 51.8. The van der Waals surface area contributed by atoms with Crippen molar-refractivity contribution in [3.05, 3.63) is 97.2 Å². The highest BCUT2D eigenvalue weighted by atomic mass is 31.2. The van der Waals surface area contributed by atoms with Crippen LogP contribution in [0.4, 0.5) is 0 Å². The molecule has 72 heavy (non-hydrogen) atoms. The van der Waals surface area contributed by atoms with Gasteiger partial charge in [-0.25, -0.2) is 0 Å². The molecule has 0 bridgehead atoms. The van der Waals surface area contributed by atoms with Gasteiger partial charge in [-0.05, 0) is 109 Å². The zero-order chi connectivity index (χ0) is 52.9. The number of amides is 1. The molecule has 0 fully saturated rings. The first-order valence-electron chi connectivity index (χ1n) is 29.0. The van der Waals surface area contributed by atoms with E-state index in [9.17, 15) is 19.0 Å². The number of unbranched alkanes of at least 4 members (excludes halogenated alkanes) is 21. The van der Waals surface area contributed by atoms with Crippen molar-refractivity contribution < 1.29 is 37.3 Å². The fourth-order valence-electron chi connectivity index (χ4n) is 7.75. The SMILES string of the molecule is CC/C=C/C/C=C/C/C=C/CCCCCCC(=O)NC(COP(=O)([O-])OCC[N+](C)(C)C)C(/C=C\CCCCCCCCCCC)OC(=O)CCCCCCC/C=C\C/C=C\C/C=C\C/C=C\CCCCC. The Kier molecular flexibility index (Phi) is 49.2. The fourth-order valence-corrected chi connectivity index (χ4v) is 8.48. The molecule has 0 spiro atoms. The molecule has 0 saturated heterocycles. The monoisotopic (exact) mass is 1020 g/mol. The van der Waals surface area contributed by atoms with Gasteiger partial charge in [-0.3, -0.25) is 14.2 Å². The third-order valence-electron chi connectivity index (χ3n) is 12.2. The van der Waals surface area contributed by atoms with Gasteiger partial charge in [0.1, 0.15) is 19.3 Å². The van der Waals surface area contributed by atoms with Gasteiger partial charge < -0.3 is 28.5 Å². The van der Waals surface area contributed by atoms with Crippen molar-refractivity contribution in [2.45, 2.75) is 245 Å². The minimum atomic E-state index is -4.71. The van der Waals surface area contributed by atoms with Gasteiger partial charge in [-0.2, -0.15) is 0 Å². The third-order valence-corrected chi connectivity index (χ3v) is 13.2. The molecule has 0 aromatic carbocycles. The Hall–Kier alpha value is -3.07. The molecular formula is C62H109N2O7P. The zero-order valence-corrected chi connectivity index (χ0v) is 48.0. The Labute approximate surface area is 443 Å². The predicted octanol–water partition coefficient (Wildman–Crippen LogP) is 17.0. The Morgan fingerprint density at radius 2 is 0.889 bits per heavy atom. The zero-order valence-electron chi connectivity index (χ0n) is 47.1. The predicted molar refractivity (Wildman–Crippen MR) is 307 cm³/mol. The van der Waals surface area contributed by atoms with E-state index in [1.165, 1.54) is 70.6 Å². The molecule has 0 radical (unpaired) electrons. The highest BCUT2D eigenvalue weighted by molar-refractivity contribution is 7.45. The largest absolute Gasteiger partial charge is 0.756 e. The lowest BCUT2D eigenvalue weighted by atomic mass is 10.1. The highest BCUT2D eigenvalue weighted by Gasteiger charge is 2.27. The number of carbonyl (C=O) groups excluding carboxylic acids is 2. The average molecular weight is 1030 g/mol. The lowest BCUT2D eigenvalue weighted by molar-refractivity contribution is -0.870. The van der Waals surface area contributed by atoms with Crippen molar-refractivity contribution in [1.29, 1.82) is 0 Å². The van der Waals surface area contributed by atoms with E-state index in [1.54, 1.807) is 0 Å². The summed E-state index contributed by atoms with van der Waals surface area (Å²) in [5, 5.41) is 3.00. The second-order valence-corrected chi connectivity index (χ2v) is 21.8. The summed E-state index contributed by atoms with van der Waals surface area (Å²) in [6, 6.07) is -0.912. The summed E-state index contributed by atoms with van der Waals surface area (Å²) < 4.78 is 30.2. The molecule has 0 aromatic rings. The van der Waals surface area contributed by atoms with Gasteiger partial charge >= 0.3 is 5.97 Å². The van der Waals surface area contributed by atoms with Crippen molar-refractivity contribution in [2.24, 2.45) is 0 Å². The van der Waals surface area contributed by atoms with Gasteiger partial charge in [0.15, 0.2) is 0 Å². The van der Waals surface area contributed by atoms with E-state index in [2.05, 4.69) is 111 Å². The van der Waals surface area contributed by atoms with E-state index in [4.69, 9.17) is 13.8 Å². The van der Waals surface area contributed by atoms with E-state index >= 15 is 0 Å². The summed E-state index contributed by atoms with van der Waals surface area (Å²) in [5.41, 5.74) is 0. The van der Waals surface area contributed by atoms with Crippen LogP contribution < -0.4 is 10.2 Å². The van der Waals surface area contributed by atoms with Crippen LogP contribution in [0.15, 0.2) is 97.2 Å². The summed E-state index contributed by atoms with van der Waals surface area (Å²) in [4.78, 5) is 39.8. The molecule has 414 valence electrons. The summed E-state index contributed by atoms with van der Waals surface area (Å²) >= 11 is 0. The first-order chi connectivity index (χ1) is 34.9. The topological polar surface area (TPSA) is 114 Å². The number of esters is 1. The minimum absolute atomic E-state index is 0.0350. The number of hydrogen-bond acceptors (Lipinski definition) is 7. The van der Waals surface area contributed by atoms with Gasteiger partial charge in [0, 0.05) is 12.8 Å². The molecule has 0 aliphatic rings. The molecular weight excluding hydrogens is 916 g/mol. The van der Waals surface area contributed by atoms with Gasteiger partial charge in [0.05, 0.1) is 33.8 Å². The Morgan fingerprint density at radius 1 is 0.500 bits per heavy atom. The molecule has 1 N–H and O–H groups in total. The molecule has 3 atom stereocenters. The van der Waals surface area contributed by atoms with Crippen LogP contribution in [0.3, 0.4) is 0 Å². The van der Waals surface area contributed by atoms with E-state index in [0.29, 0.717) is 23.9 Å². The van der Waals surface area contributed by atoms with Crippen LogP contribution in [0.1, 0.15) is 233 Å². The van der Waals surface area contributed by atoms with Crippen molar-refractivity contribution in [2.75, 3.05) is 40.9 Å². The van der Waals surface area contributed by atoms with Crippen molar-refractivity contribution in [3.8, 4) is 0 Å². The number of nitrogens with zero attached hydrogens (tertiary/aromatic N) is 1. The second-order valence-electron chi connectivity index (χ2n) is 20.4. The number of likely N-dealkylation sites (N-methyl/N-ethyl adjacent to an activating group) is 1. The summed E-state index contributed by atoms with van der Waals surface area (Å²) in [5.74, 6) is -0.595. The Balaban J connectivity index is 5.34. The number of phosphoric ester groups is 1. The van der Waals surface area contributed by atoms with Crippen LogP contribution in [-0.4, -0.2) is 69.4 Å². The average Bonchev–Trinajstić information content (AvgIpc) is 3.34. The minimum Gasteiger partial charge on any atom is -0.756 e. The number of ether oxygens (including phenoxy) is 1. The molecule has 0 aliphatic carbocycles. The van der Waals surface area contributed by atoms with Crippen molar-refractivity contribution in [1.82, 2.24) is 5.32 Å². The normalized spacial score (nSPS) is 14.5. The molecule has 9 nitrogen and oxygen atoms in total. The maximum atomic E-state index is 13.5. The first kappa shape index (κ1) is 68.9. The smallest absolute Gasteiger partial charge is 0.306 e.